The van der Waals surface area contributed by atoms with Gasteiger partial charge in [-0.3, -0.25) is 0 Å². The smallest absolute Gasteiger partial charge is 0.109 e. The van der Waals surface area contributed by atoms with E-state index in [1.165, 1.54) is 0 Å². The van der Waals surface area contributed by atoms with Gasteiger partial charge in [0, 0.05) is 6.54 Å². The summed E-state index contributed by atoms with van der Waals surface area (Å²) in [5, 5.41) is 0. The number of likely N-dealkylation sites (N-methyl/N-ethyl adjacent to an activating group) is 1. The van der Waals surface area contributed by atoms with Gasteiger partial charge in [0.05, 0.1) is 19.3 Å². The van der Waals surface area contributed by atoms with E-state index in [4.69, 9.17) is 9.47 Å². The summed E-state index contributed by atoms with van der Waals surface area (Å²) in [5.41, 5.74) is 0. The molecular formula is C11H21NO2. The van der Waals surface area contributed by atoms with Crippen LogP contribution in [0.3, 0.4) is 0 Å². The van der Waals surface area contributed by atoms with E-state index in [1.54, 1.807) is 6.08 Å². The molecule has 0 amide bonds. The summed E-state index contributed by atoms with van der Waals surface area (Å²) < 4.78 is 10.8. The highest BCUT2D eigenvalue weighted by Crippen LogP contribution is 2.23. The summed E-state index contributed by atoms with van der Waals surface area (Å²) in [5.74, 6) is 0. The number of ether oxygens (including phenoxy) is 2. The van der Waals surface area contributed by atoms with Crippen LogP contribution >= 0.6 is 0 Å². The van der Waals surface area contributed by atoms with Crippen LogP contribution in [0.2, 0.25) is 0 Å². The Balaban J connectivity index is 2.04. The first-order valence-electron chi connectivity index (χ1n) is 5.38. The lowest BCUT2D eigenvalue weighted by Crippen LogP contribution is -2.28. The summed E-state index contributed by atoms with van der Waals surface area (Å²) in [6, 6.07) is 0. The van der Waals surface area contributed by atoms with Crippen molar-refractivity contribution < 1.29 is 9.47 Å². The SMILES string of the molecule is C=CCOC[C@@H]1O[C@@H]1CN(CC)CC. The van der Waals surface area contributed by atoms with Gasteiger partial charge in [-0.2, -0.15) is 0 Å². The zero-order valence-electron chi connectivity index (χ0n) is 9.24. The van der Waals surface area contributed by atoms with Gasteiger partial charge in [-0.25, -0.2) is 0 Å². The molecule has 0 radical (unpaired) electrons. The van der Waals surface area contributed by atoms with E-state index in [9.17, 15) is 0 Å². The number of rotatable bonds is 8. The van der Waals surface area contributed by atoms with Gasteiger partial charge in [0.2, 0.25) is 0 Å². The van der Waals surface area contributed by atoms with Crippen molar-refractivity contribution in [3.8, 4) is 0 Å². The largest absolute Gasteiger partial charge is 0.375 e. The maximum Gasteiger partial charge on any atom is 0.109 e. The van der Waals surface area contributed by atoms with Crippen molar-refractivity contribution >= 4 is 0 Å². The molecule has 0 aromatic heterocycles. The van der Waals surface area contributed by atoms with Gasteiger partial charge in [-0.05, 0) is 13.1 Å². The molecular weight excluding hydrogens is 178 g/mol. The van der Waals surface area contributed by atoms with Gasteiger partial charge in [-0.15, -0.1) is 6.58 Å². The number of nitrogens with zero attached hydrogens (tertiary/aromatic N) is 1. The molecule has 2 atom stereocenters. The minimum absolute atomic E-state index is 0.315. The standard InChI is InChI=1S/C11H21NO2/c1-4-7-13-9-11-10(14-11)8-12(5-2)6-3/h4,10-11H,1,5-9H2,2-3H3/t10-,11+/m1/s1. The van der Waals surface area contributed by atoms with Crippen molar-refractivity contribution in [3.05, 3.63) is 12.7 Å². The highest BCUT2D eigenvalue weighted by Gasteiger charge is 2.39. The summed E-state index contributed by atoms with van der Waals surface area (Å²) in [6.45, 7) is 12.5. The van der Waals surface area contributed by atoms with E-state index in [0.717, 1.165) is 19.6 Å². The lowest BCUT2D eigenvalue weighted by Gasteiger charge is -2.15. The molecule has 1 saturated heterocycles. The molecule has 0 aliphatic carbocycles. The molecule has 0 aromatic carbocycles. The van der Waals surface area contributed by atoms with Crippen LogP contribution in [0.25, 0.3) is 0 Å². The zero-order chi connectivity index (χ0) is 10.4. The molecule has 1 heterocycles. The van der Waals surface area contributed by atoms with E-state index in [-0.39, 0.29) is 0 Å². The van der Waals surface area contributed by atoms with Gasteiger partial charge in [0.25, 0.3) is 0 Å². The van der Waals surface area contributed by atoms with Crippen LogP contribution in [0.4, 0.5) is 0 Å². The Hall–Kier alpha value is -0.380. The second kappa shape index (κ2) is 6.17. The Morgan fingerprint density at radius 2 is 2.07 bits per heavy atom. The molecule has 3 nitrogen and oxygen atoms in total. The molecule has 0 N–H and O–H groups in total. The van der Waals surface area contributed by atoms with Crippen molar-refractivity contribution in [1.29, 1.82) is 0 Å². The monoisotopic (exact) mass is 199 g/mol. The summed E-state index contributed by atoms with van der Waals surface area (Å²) >= 11 is 0. The average molecular weight is 199 g/mol. The Bertz CT molecular complexity index is 169. The number of epoxide rings is 1. The molecule has 0 bridgehead atoms. The molecule has 0 spiro atoms. The fraction of sp³-hybridized carbons (Fsp3) is 0.818. The highest BCUT2D eigenvalue weighted by atomic mass is 16.6. The minimum Gasteiger partial charge on any atom is -0.375 e. The topological polar surface area (TPSA) is 25.0 Å². The molecule has 14 heavy (non-hydrogen) atoms. The zero-order valence-corrected chi connectivity index (χ0v) is 9.24. The minimum atomic E-state index is 0.315. The van der Waals surface area contributed by atoms with E-state index in [1.807, 2.05) is 0 Å². The molecule has 1 rings (SSSR count). The number of hydrogen-bond donors (Lipinski definition) is 0. The van der Waals surface area contributed by atoms with Crippen molar-refractivity contribution in [3.63, 3.8) is 0 Å². The molecule has 1 aliphatic heterocycles. The van der Waals surface area contributed by atoms with Crippen LogP contribution in [0, 0.1) is 0 Å². The van der Waals surface area contributed by atoms with E-state index in [2.05, 4.69) is 25.3 Å². The Morgan fingerprint density at radius 3 is 2.64 bits per heavy atom. The third-order valence-corrected chi connectivity index (χ3v) is 2.54. The van der Waals surface area contributed by atoms with Crippen LogP contribution < -0.4 is 0 Å². The lowest BCUT2D eigenvalue weighted by atomic mass is 10.3. The molecule has 3 heteroatoms. The Kier molecular flexibility index (Phi) is 5.15. The van der Waals surface area contributed by atoms with Crippen LogP contribution in [-0.2, 0) is 9.47 Å². The molecule has 1 fully saturated rings. The third kappa shape index (κ3) is 3.78. The summed E-state index contributed by atoms with van der Waals surface area (Å²) in [7, 11) is 0. The van der Waals surface area contributed by atoms with Crippen LogP contribution in [-0.4, -0.2) is 50.0 Å². The Morgan fingerprint density at radius 1 is 1.36 bits per heavy atom. The molecule has 0 unspecified atom stereocenters. The molecule has 1 aliphatic rings. The first-order chi connectivity index (χ1) is 6.81. The first kappa shape index (κ1) is 11.7. The predicted octanol–water partition coefficient (Wildman–Crippen LogP) is 1.30. The van der Waals surface area contributed by atoms with Gasteiger partial charge >= 0.3 is 0 Å². The van der Waals surface area contributed by atoms with E-state index in [0.29, 0.717) is 25.4 Å². The summed E-state index contributed by atoms with van der Waals surface area (Å²) in [6.07, 6.45) is 2.47. The van der Waals surface area contributed by atoms with Crippen molar-refractivity contribution in [2.75, 3.05) is 32.8 Å². The van der Waals surface area contributed by atoms with Crippen LogP contribution in [0.15, 0.2) is 12.7 Å². The molecule has 82 valence electrons. The van der Waals surface area contributed by atoms with Gasteiger partial charge in [0.15, 0.2) is 0 Å². The summed E-state index contributed by atoms with van der Waals surface area (Å²) in [4.78, 5) is 2.37. The van der Waals surface area contributed by atoms with E-state index < -0.39 is 0 Å². The molecule has 0 aromatic rings. The fourth-order valence-corrected chi connectivity index (χ4v) is 1.49. The maximum absolute atomic E-state index is 5.50. The fourth-order valence-electron chi connectivity index (χ4n) is 1.49. The number of hydrogen-bond acceptors (Lipinski definition) is 3. The third-order valence-electron chi connectivity index (χ3n) is 2.54. The lowest BCUT2D eigenvalue weighted by molar-refractivity contribution is 0.141. The molecule has 0 saturated carbocycles. The second-order valence-corrected chi connectivity index (χ2v) is 3.52. The van der Waals surface area contributed by atoms with Crippen molar-refractivity contribution in [2.24, 2.45) is 0 Å². The normalized spacial score (nSPS) is 25.4. The average Bonchev–Trinajstić information content (AvgIpc) is 2.93. The van der Waals surface area contributed by atoms with Crippen molar-refractivity contribution in [2.45, 2.75) is 26.1 Å². The van der Waals surface area contributed by atoms with Crippen LogP contribution in [0.1, 0.15) is 13.8 Å². The second-order valence-electron chi connectivity index (χ2n) is 3.52. The van der Waals surface area contributed by atoms with Gasteiger partial charge < -0.3 is 14.4 Å². The first-order valence-corrected chi connectivity index (χ1v) is 5.38. The predicted molar refractivity (Wildman–Crippen MR) is 57.5 cm³/mol. The highest BCUT2D eigenvalue weighted by molar-refractivity contribution is 4.87. The van der Waals surface area contributed by atoms with Gasteiger partial charge in [-0.1, -0.05) is 19.9 Å². The van der Waals surface area contributed by atoms with Crippen LogP contribution in [0.5, 0.6) is 0 Å². The maximum atomic E-state index is 5.50. The van der Waals surface area contributed by atoms with E-state index >= 15 is 0 Å². The van der Waals surface area contributed by atoms with Crippen molar-refractivity contribution in [1.82, 2.24) is 4.90 Å². The van der Waals surface area contributed by atoms with Gasteiger partial charge in [0.1, 0.15) is 6.10 Å². The quantitative estimate of drug-likeness (QED) is 0.335. The Labute approximate surface area is 86.7 Å².